The number of phenols is 1. The Morgan fingerprint density at radius 1 is 1.22 bits per heavy atom. The first-order valence-corrected chi connectivity index (χ1v) is 10.7. The van der Waals surface area contributed by atoms with E-state index in [2.05, 4.69) is 10.3 Å². The number of nitrogens with zero attached hydrogens (tertiary/aromatic N) is 4. The fraction of sp³-hybridized carbons (Fsp3) is 0.476. The molecule has 2 aromatic heterocycles. The van der Waals surface area contributed by atoms with Gasteiger partial charge >= 0.3 is 5.69 Å². The number of aromatic hydroxyl groups is 1. The average Bonchev–Trinajstić information content (AvgIpc) is 3.12. The molecule has 1 fully saturated rings. The van der Waals surface area contributed by atoms with Gasteiger partial charge in [0.1, 0.15) is 13.6 Å². The summed E-state index contributed by atoms with van der Waals surface area (Å²) in [5, 5.41) is 22.7. The van der Waals surface area contributed by atoms with E-state index in [1.807, 2.05) is 0 Å². The number of imidazole rings is 1. The molecule has 0 saturated carbocycles. The Bertz CT molecular complexity index is 1240. The van der Waals surface area contributed by atoms with Crippen molar-refractivity contribution in [1.82, 2.24) is 18.7 Å². The van der Waals surface area contributed by atoms with Crippen molar-refractivity contribution in [2.45, 2.75) is 45.4 Å². The summed E-state index contributed by atoms with van der Waals surface area (Å²) in [5.41, 5.74) is 0.531. The van der Waals surface area contributed by atoms with Gasteiger partial charge in [-0.05, 0) is 31.4 Å². The summed E-state index contributed by atoms with van der Waals surface area (Å²) in [6.07, 6.45) is 1.58. The van der Waals surface area contributed by atoms with Crippen molar-refractivity contribution in [3.05, 3.63) is 44.6 Å². The molecule has 4 rings (SSSR count). The van der Waals surface area contributed by atoms with Crippen LogP contribution in [0.4, 0.5) is 5.95 Å². The van der Waals surface area contributed by atoms with Crippen LogP contribution in [0, 0.1) is 0 Å². The third kappa shape index (κ3) is 4.05. The summed E-state index contributed by atoms with van der Waals surface area (Å²) in [7, 11) is 5.87. The molecule has 0 spiro atoms. The summed E-state index contributed by atoms with van der Waals surface area (Å²) in [6.45, 7) is 3.19. The van der Waals surface area contributed by atoms with Gasteiger partial charge in [0.25, 0.3) is 5.56 Å². The second-order valence-electron chi connectivity index (χ2n) is 7.83. The van der Waals surface area contributed by atoms with Crippen molar-refractivity contribution in [2.24, 2.45) is 0 Å². The standard InChI is InChI=1S/C21H26BN5O5/c1-2-25-19(30)17-18(26(7-8-28)21(25)31)24-20(23-14-5-9-32-10-6-14)27(17)12-13-3-4-16(29)15(22)11-13/h3-4,11,14,28-29H,2,5-10,12H2,1H3,(H,23,24). The van der Waals surface area contributed by atoms with E-state index in [4.69, 9.17) is 12.6 Å². The Kier molecular flexibility index (Phi) is 6.38. The number of benzene rings is 1. The lowest BCUT2D eigenvalue weighted by molar-refractivity contribution is 0.0902. The number of anilines is 1. The number of aliphatic hydroxyl groups excluding tert-OH is 1. The summed E-state index contributed by atoms with van der Waals surface area (Å²) < 4.78 is 9.63. The van der Waals surface area contributed by atoms with Crippen molar-refractivity contribution < 1.29 is 14.9 Å². The highest BCUT2D eigenvalue weighted by molar-refractivity contribution is 6.34. The molecule has 1 aliphatic heterocycles. The molecule has 3 aromatic rings. The van der Waals surface area contributed by atoms with Gasteiger partial charge in [0.05, 0.1) is 19.7 Å². The van der Waals surface area contributed by atoms with Crippen LogP contribution < -0.4 is 22.0 Å². The molecule has 1 aliphatic rings. The van der Waals surface area contributed by atoms with E-state index in [9.17, 15) is 19.8 Å². The van der Waals surface area contributed by atoms with Crippen LogP contribution in [0.15, 0.2) is 27.8 Å². The van der Waals surface area contributed by atoms with Gasteiger partial charge in [-0.1, -0.05) is 17.6 Å². The highest BCUT2D eigenvalue weighted by Gasteiger charge is 2.23. The monoisotopic (exact) mass is 439 g/mol. The smallest absolute Gasteiger partial charge is 0.332 e. The van der Waals surface area contributed by atoms with Crippen molar-refractivity contribution in [2.75, 3.05) is 25.1 Å². The van der Waals surface area contributed by atoms with Crippen molar-refractivity contribution >= 4 is 30.4 Å². The molecule has 1 saturated heterocycles. The van der Waals surface area contributed by atoms with E-state index in [0.29, 0.717) is 19.2 Å². The van der Waals surface area contributed by atoms with Crippen molar-refractivity contribution in [1.29, 1.82) is 0 Å². The van der Waals surface area contributed by atoms with Crippen LogP contribution in [-0.4, -0.2) is 62.6 Å². The van der Waals surface area contributed by atoms with Gasteiger partial charge in [0.2, 0.25) is 5.95 Å². The fourth-order valence-electron chi connectivity index (χ4n) is 4.04. The molecule has 2 radical (unpaired) electrons. The van der Waals surface area contributed by atoms with Gasteiger partial charge in [0.15, 0.2) is 11.2 Å². The number of nitrogens with one attached hydrogen (secondary N) is 1. The van der Waals surface area contributed by atoms with Gasteiger partial charge in [-0.3, -0.25) is 18.5 Å². The number of aromatic nitrogens is 4. The number of aliphatic hydroxyl groups is 1. The molecule has 10 nitrogen and oxygen atoms in total. The normalized spacial score (nSPS) is 14.8. The molecule has 3 N–H and O–H groups in total. The Balaban J connectivity index is 1.92. The fourth-order valence-corrected chi connectivity index (χ4v) is 4.04. The highest BCUT2D eigenvalue weighted by atomic mass is 16.5. The van der Waals surface area contributed by atoms with Crippen LogP contribution in [0.1, 0.15) is 25.3 Å². The van der Waals surface area contributed by atoms with Crippen LogP contribution in [0.25, 0.3) is 11.2 Å². The molecule has 168 valence electrons. The molecular formula is C21H26BN5O5. The van der Waals surface area contributed by atoms with Crippen molar-refractivity contribution in [3.63, 3.8) is 0 Å². The van der Waals surface area contributed by atoms with Gasteiger partial charge in [-0.2, -0.15) is 4.98 Å². The first kappa shape index (κ1) is 22.2. The largest absolute Gasteiger partial charge is 0.509 e. The summed E-state index contributed by atoms with van der Waals surface area (Å²) in [6, 6.07) is 4.97. The SMILES string of the molecule is [B]c1cc(Cn2c(NC3CCOCC3)nc3c2c(=O)n(CC)c(=O)n3CCO)ccc1O. The van der Waals surface area contributed by atoms with Crippen molar-refractivity contribution in [3.8, 4) is 5.75 Å². The summed E-state index contributed by atoms with van der Waals surface area (Å²) >= 11 is 0. The zero-order valence-corrected chi connectivity index (χ0v) is 18.0. The number of hydrogen-bond acceptors (Lipinski definition) is 7. The maximum Gasteiger partial charge on any atom is 0.332 e. The minimum Gasteiger partial charge on any atom is -0.509 e. The lowest BCUT2D eigenvalue weighted by Crippen LogP contribution is -2.40. The van der Waals surface area contributed by atoms with E-state index in [-0.39, 0.29) is 54.7 Å². The maximum absolute atomic E-state index is 13.3. The third-order valence-corrected chi connectivity index (χ3v) is 5.74. The molecule has 0 aliphatic carbocycles. The number of hydrogen-bond donors (Lipinski definition) is 3. The Hall–Kier alpha value is -3.05. The number of fused-ring (bicyclic) bond motifs is 1. The molecule has 0 atom stereocenters. The zero-order valence-electron chi connectivity index (χ0n) is 18.0. The molecule has 0 bridgehead atoms. The quantitative estimate of drug-likeness (QED) is 0.425. The van der Waals surface area contributed by atoms with Crippen LogP contribution >= 0.6 is 0 Å². The predicted octanol–water partition coefficient (Wildman–Crippen LogP) is -0.489. The number of rotatable bonds is 7. The topological polar surface area (TPSA) is 124 Å². The third-order valence-electron chi connectivity index (χ3n) is 5.74. The van der Waals surface area contributed by atoms with Gasteiger partial charge in [-0.15, -0.1) is 0 Å². The zero-order chi connectivity index (χ0) is 22.8. The van der Waals surface area contributed by atoms with E-state index >= 15 is 0 Å². The second kappa shape index (κ2) is 9.21. The molecular weight excluding hydrogens is 413 g/mol. The average molecular weight is 439 g/mol. The lowest BCUT2D eigenvalue weighted by Gasteiger charge is -2.24. The minimum absolute atomic E-state index is 0.0186. The van der Waals surface area contributed by atoms with E-state index < -0.39 is 11.2 Å². The predicted molar refractivity (Wildman–Crippen MR) is 121 cm³/mol. The summed E-state index contributed by atoms with van der Waals surface area (Å²) in [5.74, 6) is 0.436. The van der Waals surface area contributed by atoms with Crippen LogP contribution in [0.5, 0.6) is 5.75 Å². The molecule has 0 amide bonds. The number of ether oxygens (including phenoxy) is 1. The molecule has 1 aromatic carbocycles. The van der Waals surface area contributed by atoms with E-state index in [0.717, 1.165) is 23.0 Å². The molecule has 11 heteroatoms. The maximum atomic E-state index is 13.3. The lowest BCUT2D eigenvalue weighted by atomic mass is 9.93. The Labute approximate surface area is 185 Å². The van der Waals surface area contributed by atoms with E-state index in [1.54, 1.807) is 23.6 Å². The highest BCUT2D eigenvalue weighted by Crippen LogP contribution is 2.21. The van der Waals surface area contributed by atoms with Crippen LogP contribution in [0.3, 0.4) is 0 Å². The van der Waals surface area contributed by atoms with Crippen LogP contribution in [-0.2, 0) is 24.4 Å². The first-order valence-electron chi connectivity index (χ1n) is 10.7. The van der Waals surface area contributed by atoms with Gasteiger partial charge < -0.3 is 20.3 Å². The molecule has 3 heterocycles. The minimum atomic E-state index is -0.504. The molecule has 32 heavy (non-hydrogen) atoms. The van der Waals surface area contributed by atoms with Gasteiger partial charge in [-0.25, -0.2) is 4.79 Å². The second-order valence-corrected chi connectivity index (χ2v) is 7.83. The van der Waals surface area contributed by atoms with E-state index in [1.165, 1.54) is 10.6 Å². The van der Waals surface area contributed by atoms with Crippen LogP contribution in [0.2, 0.25) is 0 Å². The summed E-state index contributed by atoms with van der Waals surface area (Å²) in [4.78, 5) is 30.8. The Morgan fingerprint density at radius 3 is 2.62 bits per heavy atom. The Morgan fingerprint density at radius 2 is 1.97 bits per heavy atom. The first-order chi connectivity index (χ1) is 15.4. The van der Waals surface area contributed by atoms with Gasteiger partial charge in [0, 0.05) is 25.8 Å². The molecule has 0 unspecified atom stereocenters. The number of phenolic OH excluding ortho intramolecular Hbond substituents is 1.